The maximum absolute atomic E-state index is 13.1. The second-order valence-electron chi connectivity index (χ2n) is 6.99. The van der Waals surface area contributed by atoms with Gasteiger partial charge in [-0.25, -0.2) is 4.98 Å². The highest BCUT2D eigenvalue weighted by molar-refractivity contribution is 5.82. The molecule has 0 radical (unpaired) electrons. The Morgan fingerprint density at radius 3 is 2.87 bits per heavy atom. The number of likely N-dealkylation sites (tertiary alicyclic amines) is 1. The van der Waals surface area contributed by atoms with E-state index < -0.39 is 0 Å². The van der Waals surface area contributed by atoms with Crippen molar-refractivity contribution in [1.82, 2.24) is 19.4 Å². The molecule has 0 aromatic carbocycles. The molecule has 126 valence electrons. The van der Waals surface area contributed by atoms with E-state index in [0.29, 0.717) is 18.5 Å². The number of fused-ring (bicyclic) bond motifs is 1. The molecule has 2 saturated heterocycles. The van der Waals surface area contributed by atoms with Crippen molar-refractivity contribution in [2.45, 2.75) is 57.8 Å². The van der Waals surface area contributed by atoms with Crippen molar-refractivity contribution < 1.29 is 9.53 Å². The number of aromatic nitrogens is 2. The van der Waals surface area contributed by atoms with Gasteiger partial charge < -0.3 is 14.2 Å². The third-order valence-electron chi connectivity index (χ3n) is 5.47. The molecule has 1 amide bonds. The molecule has 23 heavy (non-hydrogen) atoms. The second kappa shape index (κ2) is 6.24. The quantitative estimate of drug-likeness (QED) is 0.821. The van der Waals surface area contributed by atoms with Crippen molar-refractivity contribution >= 4 is 5.91 Å². The van der Waals surface area contributed by atoms with Gasteiger partial charge in [-0.3, -0.25) is 9.69 Å². The molecule has 2 fully saturated rings. The van der Waals surface area contributed by atoms with E-state index in [0.717, 1.165) is 70.0 Å². The summed E-state index contributed by atoms with van der Waals surface area (Å²) < 4.78 is 7.66. The van der Waals surface area contributed by atoms with Crippen LogP contribution < -0.4 is 0 Å². The predicted molar refractivity (Wildman–Crippen MR) is 86.0 cm³/mol. The van der Waals surface area contributed by atoms with E-state index in [2.05, 4.69) is 20.6 Å². The van der Waals surface area contributed by atoms with Gasteiger partial charge in [0.15, 0.2) is 0 Å². The largest absolute Gasteiger partial charge is 0.381 e. The highest BCUT2D eigenvalue weighted by atomic mass is 16.5. The van der Waals surface area contributed by atoms with Crippen molar-refractivity contribution in [3.63, 3.8) is 0 Å². The minimum atomic E-state index is 0.0701. The van der Waals surface area contributed by atoms with Crippen LogP contribution in [0.5, 0.6) is 0 Å². The molecule has 3 aliphatic heterocycles. The average Bonchev–Trinajstić information content (AvgIpc) is 3.19. The Hall–Kier alpha value is -1.40. The molecule has 3 aliphatic rings. The Morgan fingerprint density at radius 1 is 1.22 bits per heavy atom. The summed E-state index contributed by atoms with van der Waals surface area (Å²) in [6.07, 6.45) is 6.34. The number of hydrogen-bond acceptors (Lipinski definition) is 4. The Labute approximate surface area is 137 Å². The summed E-state index contributed by atoms with van der Waals surface area (Å²) in [6.45, 7) is 7.07. The summed E-state index contributed by atoms with van der Waals surface area (Å²) in [6, 6.07) is 0.593. The maximum atomic E-state index is 13.1. The minimum absolute atomic E-state index is 0.0701. The van der Waals surface area contributed by atoms with Crippen LogP contribution in [0, 0.1) is 6.92 Å². The molecule has 6 nitrogen and oxygen atoms in total. The lowest BCUT2D eigenvalue weighted by Crippen LogP contribution is -2.51. The van der Waals surface area contributed by atoms with E-state index in [9.17, 15) is 4.79 Å². The lowest BCUT2D eigenvalue weighted by molar-refractivity contribution is -0.139. The van der Waals surface area contributed by atoms with Gasteiger partial charge in [0.2, 0.25) is 5.91 Å². The molecule has 0 spiro atoms. The van der Waals surface area contributed by atoms with Gasteiger partial charge in [0, 0.05) is 38.5 Å². The normalized spacial score (nSPS) is 26.5. The summed E-state index contributed by atoms with van der Waals surface area (Å²) in [5.41, 5.74) is 1.04. The number of amides is 1. The van der Waals surface area contributed by atoms with Crippen molar-refractivity contribution in [3.8, 4) is 0 Å². The van der Waals surface area contributed by atoms with Crippen molar-refractivity contribution in [2.75, 3.05) is 26.3 Å². The van der Waals surface area contributed by atoms with E-state index >= 15 is 0 Å². The number of imidazole rings is 1. The van der Waals surface area contributed by atoms with Crippen molar-refractivity contribution in [1.29, 1.82) is 0 Å². The number of rotatable bonds is 2. The van der Waals surface area contributed by atoms with Crippen LogP contribution in [0.1, 0.15) is 37.2 Å². The van der Waals surface area contributed by atoms with E-state index in [4.69, 9.17) is 4.74 Å². The topological polar surface area (TPSA) is 50.6 Å². The van der Waals surface area contributed by atoms with Gasteiger partial charge in [0.25, 0.3) is 0 Å². The van der Waals surface area contributed by atoms with Crippen LogP contribution >= 0.6 is 0 Å². The molecule has 1 aromatic heterocycles. The first-order valence-electron chi connectivity index (χ1n) is 8.87. The molecule has 0 saturated carbocycles. The zero-order chi connectivity index (χ0) is 15.8. The predicted octanol–water partition coefficient (Wildman–Crippen LogP) is 1.18. The molecule has 0 N–H and O–H groups in total. The van der Waals surface area contributed by atoms with Gasteiger partial charge in [-0.05, 0) is 39.2 Å². The van der Waals surface area contributed by atoms with E-state index in [-0.39, 0.29) is 6.04 Å². The summed E-state index contributed by atoms with van der Waals surface area (Å²) in [5.74, 6) is 1.33. The average molecular weight is 318 g/mol. The summed E-state index contributed by atoms with van der Waals surface area (Å²) >= 11 is 0. The lowest BCUT2D eigenvalue weighted by atomic mass is 10.1. The number of ether oxygens (including phenoxy) is 1. The van der Waals surface area contributed by atoms with Crippen LogP contribution in [-0.4, -0.2) is 63.6 Å². The zero-order valence-electron chi connectivity index (χ0n) is 13.9. The molecule has 4 heterocycles. The van der Waals surface area contributed by atoms with Crippen LogP contribution in [-0.2, 0) is 22.6 Å². The highest BCUT2D eigenvalue weighted by Crippen LogP contribution is 2.27. The van der Waals surface area contributed by atoms with Gasteiger partial charge in [-0.15, -0.1) is 0 Å². The third-order valence-corrected chi connectivity index (χ3v) is 5.47. The summed E-state index contributed by atoms with van der Waals surface area (Å²) in [4.78, 5) is 22.1. The number of carbonyl (C=O) groups excluding carboxylic acids is 1. The fourth-order valence-corrected chi connectivity index (χ4v) is 4.30. The van der Waals surface area contributed by atoms with Gasteiger partial charge in [-0.2, -0.15) is 0 Å². The summed E-state index contributed by atoms with van der Waals surface area (Å²) in [7, 11) is 0. The summed E-state index contributed by atoms with van der Waals surface area (Å²) in [5, 5.41) is 0. The SMILES string of the molecule is Cc1cn2c(n1)CN(C(=O)C1CCCN1C1CCOCC1)CC2. The van der Waals surface area contributed by atoms with Crippen LogP contribution in [0.4, 0.5) is 0 Å². The molecular weight excluding hydrogens is 292 g/mol. The Balaban J connectivity index is 1.45. The molecule has 0 aliphatic carbocycles. The van der Waals surface area contributed by atoms with Crippen LogP contribution in [0.15, 0.2) is 6.20 Å². The molecule has 0 bridgehead atoms. The molecule has 6 heteroatoms. The van der Waals surface area contributed by atoms with Crippen LogP contribution in [0.25, 0.3) is 0 Å². The van der Waals surface area contributed by atoms with Gasteiger partial charge >= 0.3 is 0 Å². The third kappa shape index (κ3) is 2.90. The van der Waals surface area contributed by atoms with Crippen LogP contribution in [0.2, 0.25) is 0 Å². The van der Waals surface area contributed by atoms with E-state index in [1.807, 2.05) is 11.8 Å². The number of nitrogens with zero attached hydrogens (tertiary/aromatic N) is 4. The number of aryl methyl sites for hydroxylation is 1. The van der Waals surface area contributed by atoms with Crippen LogP contribution in [0.3, 0.4) is 0 Å². The maximum Gasteiger partial charge on any atom is 0.240 e. The first-order valence-corrected chi connectivity index (χ1v) is 8.87. The van der Waals surface area contributed by atoms with Crippen molar-refractivity contribution in [3.05, 3.63) is 17.7 Å². The van der Waals surface area contributed by atoms with Gasteiger partial charge in [0.1, 0.15) is 5.82 Å². The van der Waals surface area contributed by atoms with E-state index in [1.54, 1.807) is 0 Å². The van der Waals surface area contributed by atoms with Gasteiger partial charge in [-0.1, -0.05) is 0 Å². The molecular formula is C17H26N4O2. The minimum Gasteiger partial charge on any atom is -0.381 e. The smallest absolute Gasteiger partial charge is 0.240 e. The monoisotopic (exact) mass is 318 g/mol. The standard InChI is InChI=1S/C17H26N4O2/c1-13-11-19-7-8-20(12-16(19)18-13)17(22)15-3-2-6-21(15)14-4-9-23-10-5-14/h11,14-15H,2-10,12H2,1H3. The molecule has 1 aromatic rings. The Kier molecular flexibility index (Phi) is 4.11. The van der Waals surface area contributed by atoms with Crippen molar-refractivity contribution in [2.24, 2.45) is 0 Å². The number of hydrogen-bond donors (Lipinski definition) is 0. The fraction of sp³-hybridized carbons (Fsp3) is 0.765. The lowest BCUT2D eigenvalue weighted by Gasteiger charge is -2.37. The molecule has 1 atom stereocenters. The highest BCUT2D eigenvalue weighted by Gasteiger charge is 2.38. The van der Waals surface area contributed by atoms with E-state index in [1.165, 1.54) is 0 Å². The Morgan fingerprint density at radius 2 is 2.04 bits per heavy atom. The first kappa shape index (κ1) is 15.1. The zero-order valence-corrected chi connectivity index (χ0v) is 13.9. The Bertz CT molecular complexity index is 579. The molecule has 1 unspecified atom stereocenters. The second-order valence-corrected chi connectivity index (χ2v) is 6.99. The van der Waals surface area contributed by atoms with Gasteiger partial charge in [0.05, 0.1) is 18.3 Å². The number of carbonyl (C=O) groups is 1. The molecule has 4 rings (SSSR count). The first-order chi connectivity index (χ1) is 11.2. The fourth-order valence-electron chi connectivity index (χ4n) is 4.30.